The van der Waals surface area contributed by atoms with Gasteiger partial charge in [0.25, 0.3) is 5.91 Å². The maximum Gasteiger partial charge on any atom is 0.258 e. The lowest BCUT2D eigenvalue weighted by Gasteiger charge is -2.06. The summed E-state index contributed by atoms with van der Waals surface area (Å²) in [5, 5.41) is 6.21. The second kappa shape index (κ2) is 5.09. The predicted molar refractivity (Wildman–Crippen MR) is 78.4 cm³/mol. The number of rotatable bonds is 2. The molecule has 0 aliphatic carbocycles. The highest BCUT2D eigenvalue weighted by atomic mass is 35.5. The van der Waals surface area contributed by atoms with E-state index in [9.17, 15) is 4.79 Å². The van der Waals surface area contributed by atoms with Gasteiger partial charge in [0.2, 0.25) is 5.95 Å². The zero-order chi connectivity index (χ0) is 14.1. The molecule has 1 aliphatic heterocycles. The molecule has 0 unspecified atom stereocenters. The van der Waals surface area contributed by atoms with E-state index in [-0.39, 0.29) is 11.9 Å². The van der Waals surface area contributed by atoms with Gasteiger partial charge in [0.1, 0.15) is 5.15 Å². The molecule has 0 spiro atoms. The molecular weight excluding hydrogens is 276 g/mol. The molecule has 1 amide bonds. The van der Waals surface area contributed by atoms with Gasteiger partial charge in [-0.25, -0.2) is 9.97 Å². The molecule has 1 aromatic heterocycles. The lowest BCUT2D eigenvalue weighted by Crippen LogP contribution is -2.14. The Morgan fingerprint density at radius 3 is 3.00 bits per heavy atom. The molecule has 5 nitrogen and oxygen atoms in total. The molecule has 2 aromatic rings. The van der Waals surface area contributed by atoms with Gasteiger partial charge in [-0.05, 0) is 37.1 Å². The van der Waals surface area contributed by atoms with Crippen molar-refractivity contribution in [3.63, 3.8) is 0 Å². The number of hydrogen-bond donors (Lipinski definition) is 2. The molecule has 2 N–H and O–H groups in total. The predicted octanol–water partition coefficient (Wildman–Crippen LogP) is 2.66. The van der Waals surface area contributed by atoms with Crippen LogP contribution in [0.4, 0.5) is 11.6 Å². The average molecular weight is 289 g/mol. The van der Waals surface area contributed by atoms with Gasteiger partial charge < -0.3 is 5.32 Å². The number of aromatic nitrogens is 2. The Bertz CT molecular complexity index is 667. The molecule has 20 heavy (non-hydrogen) atoms. The standard InChI is InChI=1S/C14H13ClN4O/c1-8-6-12(15)18-14(17-8)19-13(20)10-3-2-9-4-5-16-11(9)7-10/h2-3,6-7,16H,4-5H2,1H3,(H,17,18,19,20). The van der Waals surface area contributed by atoms with Gasteiger partial charge in [-0.1, -0.05) is 17.7 Å². The van der Waals surface area contributed by atoms with E-state index in [2.05, 4.69) is 20.6 Å². The molecule has 0 saturated heterocycles. The number of carbonyl (C=O) groups is 1. The highest BCUT2D eigenvalue weighted by Gasteiger charge is 2.14. The van der Waals surface area contributed by atoms with Crippen LogP contribution in [0.15, 0.2) is 24.3 Å². The molecule has 0 bridgehead atoms. The summed E-state index contributed by atoms with van der Waals surface area (Å²) in [5.41, 5.74) is 3.52. The first-order valence-corrected chi connectivity index (χ1v) is 6.69. The zero-order valence-electron chi connectivity index (χ0n) is 10.9. The number of benzene rings is 1. The first kappa shape index (κ1) is 12.9. The summed E-state index contributed by atoms with van der Waals surface area (Å²) >= 11 is 5.84. The number of nitrogens with one attached hydrogen (secondary N) is 2. The number of nitrogens with zero attached hydrogens (tertiary/aromatic N) is 2. The summed E-state index contributed by atoms with van der Waals surface area (Å²) in [6, 6.07) is 7.25. The van der Waals surface area contributed by atoms with E-state index in [1.54, 1.807) is 19.1 Å². The third-order valence-corrected chi connectivity index (χ3v) is 3.32. The second-order valence-corrected chi connectivity index (χ2v) is 5.05. The Morgan fingerprint density at radius 2 is 2.20 bits per heavy atom. The largest absolute Gasteiger partial charge is 0.384 e. The zero-order valence-corrected chi connectivity index (χ0v) is 11.7. The van der Waals surface area contributed by atoms with E-state index in [0.717, 1.165) is 18.7 Å². The van der Waals surface area contributed by atoms with Crippen LogP contribution in [-0.2, 0) is 6.42 Å². The maximum atomic E-state index is 12.2. The highest BCUT2D eigenvalue weighted by molar-refractivity contribution is 6.29. The van der Waals surface area contributed by atoms with E-state index in [1.807, 2.05) is 12.1 Å². The third-order valence-electron chi connectivity index (χ3n) is 3.13. The van der Waals surface area contributed by atoms with Crippen LogP contribution >= 0.6 is 11.6 Å². The summed E-state index contributed by atoms with van der Waals surface area (Å²) in [5.74, 6) is -0.0309. The average Bonchev–Trinajstić information content (AvgIpc) is 2.84. The molecule has 0 radical (unpaired) electrons. The molecule has 102 valence electrons. The number of carbonyl (C=O) groups excluding carboxylic acids is 1. The maximum absolute atomic E-state index is 12.2. The lowest BCUT2D eigenvalue weighted by atomic mass is 10.1. The summed E-state index contributed by atoms with van der Waals surface area (Å²) in [6.07, 6.45) is 0.994. The minimum Gasteiger partial charge on any atom is -0.384 e. The topological polar surface area (TPSA) is 66.9 Å². The van der Waals surface area contributed by atoms with Gasteiger partial charge in [-0.2, -0.15) is 0 Å². The van der Waals surface area contributed by atoms with Crippen molar-refractivity contribution in [3.8, 4) is 0 Å². The molecule has 1 aromatic carbocycles. The number of amides is 1. The van der Waals surface area contributed by atoms with Crippen molar-refractivity contribution >= 4 is 29.1 Å². The van der Waals surface area contributed by atoms with Gasteiger partial charge in [-0.3, -0.25) is 10.1 Å². The fraction of sp³-hybridized carbons (Fsp3) is 0.214. The van der Waals surface area contributed by atoms with Gasteiger partial charge in [-0.15, -0.1) is 0 Å². The van der Waals surface area contributed by atoms with Crippen LogP contribution in [0.25, 0.3) is 0 Å². The lowest BCUT2D eigenvalue weighted by molar-refractivity contribution is 0.102. The molecule has 0 fully saturated rings. The quantitative estimate of drug-likeness (QED) is 0.834. The summed E-state index contributed by atoms with van der Waals surface area (Å²) in [7, 11) is 0. The van der Waals surface area contributed by atoms with E-state index < -0.39 is 0 Å². The fourth-order valence-electron chi connectivity index (χ4n) is 2.19. The number of hydrogen-bond acceptors (Lipinski definition) is 4. The summed E-state index contributed by atoms with van der Waals surface area (Å²) < 4.78 is 0. The molecule has 2 heterocycles. The smallest absolute Gasteiger partial charge is 0.258 e. The Balaban J connectivity index is 1.82. The van der Waals surface area contributed by atoms with Gasteiger partial charge >= 0.3 is 0 Å². The first-order chi connectivity index (χ1) is 9.61. The first-order valence-electron chi connectivity index (χ1n) is 6.31. The van der Waals surface area contributed by atoms with Crippen LogP contribution in [-0.4, -0.2) is 22.4 Å². The second-order valence-electron chi connectivity index (χ2n) is 4.66. The summed E-state index contributed by atoms with van der Waals surface area (Å²) in [6.45, 7) is 2.71. The van der Waals surface area contributed by atoms with Crippen molar-refractivity contribution in [1.82, 2.24) is 9.97 Å². The Labute approximate surface area is 121 Å². The van der Waals surface area contributed by atoms with Gasteiger partial charge in [0.05, 0.1) is 0 Å². The molecule has 0 saturated carbocycles. The Kier molecular flexibility index (Phi) is 3.28. The van der Waals surface area contributed by atoms with Crippen molar-refractivity contribution in [2.24, 2.45) is 0 Å². The van der Waals surface area contributed by atoms with E-state index in [4.69, 9.17) is 11.6 Å². The molecule has 3 rings (SSSR count). The van der Waals surface area contributed by atoms with Crippen molar-refractivity contribution in [2.45, 2.75) is 13.3 Å². The molecule has 1 aliphatic rings. The molecule has 0 atom stereocenters. The third kappa shape index (κ3) is 2.58. The van der Waals surface area contributed by atoms with Crippen LogP contribution in [0, 0.1) is 6.92 Å². The van der Waals surface area contributed by atoms with E-state index in [0.29, 0.717) is 16.4 Å². The summed E-state index contributed by atoms with van der Waals surface area (Å²) in [4.78, 5) is 20.3. The van der Waals surface area contributed by atoms with Crippen LogP contribution in [0.5, 0.6) is 0 Å². The Morgan fingerprint density at radius 1 is 1.35 bits per heavy atom. The van der Waals surface area contributed by atoms with Crippen molar-refractivity contribution in [2.75, 3.05) is 17.2 Å². The van der Waals surface area contributed by atoms with E-state index >= 15 is 0 Å². The molecule has 6 heteroatoms. The van der Waals surface area contributed by atoms with Crippen LogP contribution in [0.3, 0.4) is 0 Å². The monoisotopic (exact) mass is 288 g/mol. The van der Waals surface area contributed by atoms with Gasteiger partial charge in [0, 0.05) is 23.5 Å². The minimum absolute atomic E-state index is 0.216. The minimum atomic E-state index is -0.247. The van der Waals surface area contributed by atoms with E-state index in [1.165, 1.54) is 5.56 Å². The Hall–Kier alpha value is -2.14. The SMILES string of the molecule is Cc1cc(Cl)nc(NC(=O)c2ccc3c(c2)NCC3)n1. The normalized spacial score (nSPS) is 12.7. The number of anilines is 2. The van der Waals surface area contributed by atoms with Crippen LogP contribution < -0.4 is 10.6 Å². The number of fused-ring (bicyclic) bond motifs is 1. The molecular formula is C14H13ClN4O. The number of aryl methyl sites for hydroxylation is 1. The highest BCUT2D eigenvalue weighted by Crippen LogP contribution is 2.23. The van der Waals surface area contributed by atoms with Gasteiger partial charge in [0.15, 0.2) is 0 Å². The van der Waals surface area contributed by atoms with Crippen molar-refractivity contribution < 1.29 is 4.79 Å². The van der Waals surface area contributed by atoms with Crippen LogP contribution in [0.1, 0.15) is 21.6 Å². The van der Waals surface area contributed by atoms with Crippen molar-refractivity contribution in [3.05, 3.63) is 46.2 Å². The van der Waals surface area contributed by atoms with Crippen molar-refractivity contribution in [1.29, 1.82) is 0 Å². The fourth-order valence-corrected chi connectivity index (χ4v) is 2.43. The van der Waals surface area contributed by atoms with Crippen LogP contribution in [0.2, 0.25) is 5.15 Å². The number of halogens is 1.